The van der Waals surface area contributed by atoms with E-state index in [0.29, 0.717) is 24.3 Å². The van der Waals surface area contributed by atoms with Gasteiger partial charge in [-0.3, -0.25) is 24.0 Å². The number of hydrogen-bond acceptors (Lipinski definition) is 8. The van der Waals surface area contributed by atoms with Crippen LogP contribution in [-0.4, -0.2) is 69.7 Å². The Morgan fingerprint density at radius 2 is 1.82 bits per heavy atom. The van der Waals surface area contributed by atoms with Gasteiger partial charge in [-0.25, -0.2) is 8.42 Å². The SMILES string of the molecule is CCCNC(=O)C(CC)N(Cc1cccc(OC)c1)C(=O)CN(c1cc([N+](=O)[O-])ccc1OC)S(C)(=O)=O. The monoisotopic (exact) mass is 550 g/mol. The smallest absolute Gasteiger partial charge is 0.271 e. The Balaban J connectivity index is 2.56. The van der Waals surface area contributed by atoms with Gasteiger partial charge in [0.05, 0.1) is 25.4 Å². The molecule has 1 atom stereocenters. The molecule has 0 aliphatic heterocycles. The highest BCUT2D eigenvalue weighted by Crippen LogP contribution is 2.34. The fourth-order valence-corrected chi connectivity index (χ4v) is 4.68. The second-order valence-electron chi connectivity index (χ2n) is 8.47. The van der Waals surface area contributed by atoms with E-state index in [9.17, 15) is 28.1 Å². The zero-order chi connectivity index (χ0) is 28.5. The van der Waals surface area contributed by atoms with Crippen LogP contribution in [0.25, 0.3) is 0 Å². The van der Waals surface area contributed by atoms with Crippen molar-refractivity contribution >= 4 is 33.2 Å². The molecule has 2 rings (SSSR count). The van der Waals surface area contributed by atoms with Crippen LogP contribution in [0.3, 0.4) is 0 Å². The van der Waals surface area contributed by atoms with Crippen LogP contribution in [-0.2, 0) is 26.2 Å². The molecule has 208 valence electrons. The number of nitro groups is 1. The Morgan fingerprint density at radius 3 is 2.37 bits per heavy atom. The number of nitrogens with zero attached hydrogens (tertiary/aromatic N) is 3. The molecule has 0 heterocycles. The van der Waals surface area contributed by atoms with Gasteiger partial charge in [-0.15, -0.1) is 0 Å². The van der Waals surface area contributed by atoms with Crippen molar-refractivity contribution in [1.29, 1.82) is 0 Å². The molecule has 0 saturated heterocycles. The molecule has 2 aromatic rings. The van der Waals surface area contributed by atoms with Gasteiger partial charge in [-0.2, -0.15) is 0 Å². The lowest BCUT2D eigenvalue weighted by Gasteiger charge is -2.33. The van der Waals surface area contributed by atoms with Gasteiger partial charge in [-0.1, -0.05) is 26.0 Å². The number of methoxy groups -OCH3 is 2. The van der Waals surface area contributed by atoms with Gasteiger partial charge in [-0.05, 0) is 36.6 Å². The molecule has 0 bridgehead atoms. The summed E-state index contributed by atoms with van der Waals surface area (Å²) in [6.45, 7) is 3.35. The van der Waals surface area contributed by atoms with Gasteiger partial charge in [0.2, 0.25) is 21.8 Å². The van der Waals surface area contributed by atoms with Crippen LogP contribution < -0.4 is 19.1 Å². The van der Waals surface area contributed by atoms with Gasteiger partial charge in [0.1, 0.15) is 29.8 Å². The van der Waals surface area contributed by atoms with E-state index in [1.807, 2.05) is 6.92 Å². The van der Waals surface area contributed by atoms with Crippen LogP contribution in [0.2, 0.25) is 0 Å². The van der Waals surface area contributed by atoms with Gasteiger partial charge in [0.15, 0.2) is 0 Å². The highest BCUT2D eigenvalue weighted by atomic mass is 32.2. The van der Waals surface area contributed by atoms with E-state index in [4.69, 9.17) is 9.47 Å². The molecule has 13 heteroatoms. The third-order valence-corrected chi connectivity index (χ3v) is 6.87. The van der Waals surface area contributed by atoms with Gasteiger partial charge < -0.3 is 19.7 Å². The number of ether oxygens (including phenoxy) is 2. The maximum Gasteiger partial charge on any atom is 0.271 e. The summed E-state index contributed by atoms with van der Waals surface area (Å²) in [6.07, 6.45) is 1.85. The number of amides is 2. The predicted molar refractivity (Wildman–Crippen MR) is 143 cm³/mol. The summed E-state index contributed by atoms with van der Waals surface area (Å²) in [5.74, 6) is -0.465. The first kappa shape index (κ1) is 30.4. The average Bonchev–Trinajstić information content (AvgIpc) is 2.89. The van der Waals surface area contributed by atoms with E-state index < -0.39 is 33.4 Å². The lowest BCUT2D eigenvalue weighted by Crippen LogP contribution is -2.52. The van der Waals surface area contributed by atoms with Crippen LogP contribution in [0.5, 0.6) is 11.5 Å². The number of sulfonamides is 1. The summed E-state index contributed by atoms with van der Waals surface area (Å²) >= 11 is 0. The molecule has 0 spiro atoms. The topological polar surface area (TPSA) is 148 Å². The minimum Gasteiger partial charge on any atom is -0.497 e. The number of carbonyl (C=O) groups excluding carboxylic acids is 2. The molecule has 0 aliphatic rings. The van der Waals surface area contributed by atoms with Crippen molar-refractivity contribution in [1.82, 2.24) is 10.2 Å². The third kappa shape index (κ3) is 7.81. The number of rotatable bonds is 14. The van der Waals surface area contributed by atoms with Crippen molar-refractivity contribution in [2.75, 3.05) is 37.9 Å². The van der Waals surface area contributed by atoms with Crippen molar-refractivity contribution in [2.45, 2.75) is 39.3 Å². The van der Waals surface area contributed by atoms with E-state index in [0.717, 1.165) is 16.6 Å². The summed E-state index contributed by atoms with van der Waals surface area (Å²) in [4.78, 5) is 38.8. The van der Waals surface area contributed by atoms with Crippen LogP contribution in [0, 0.1) is 10.1 Å². The standard InChI is InChI=1S/C25H34N4O8S/c1-6-13-26-25(31)21(7-2)27(16-18-9-8-10-20(14-18)36-3)24(30)17-28(38(5,34)35)22-15-19(29(32)33)11-12-23(22)37-4/h8-12,14-15,21H,6-7,13,16-17H2,1-5H3,(H,26,31). The number of nitrogens with one attached hydrogen (secondary N) is 1. The number of anilines is 1. The summed E-state index contributed by atoms with van der Waals surface area (Å²) in [5.41, 5.74) is 0.126. The Morgan fingerprint density at radius 1 is 1.11 bits per heavy atom. The van der Waals surface area contributed by atoms with Crippen LogP contribution >= 0.6 is 0 Å². The largest absolute Gasteiger partial charge is 0.497 e. The predicted octanol–water partition coefficient (Wildman–Crippen LogP) is 2.71. The van der Waals surface area contributed by atoms with Crippen molar-refractivity contribution in [2.24, 2.45) is 0 Å². The number of non-ortho nitro benzene ring substituents is 1. The number of hydrogen-bond donors (Lipinski definition) is 1. The van der Waals surface area contributed by atoms with Gasteiger partial charge in [0, 0.05) is 25.2 Å². The molecular formula is C25H34N4O8S. The molecule has 0 fully saturated rings. The number of benzene rings is 2. The zero-order valence-corrected chi connectivity index (χ0v) is 23.0. The first-order chi connectivity index (χ1) is 18.0. The maximum atomic E-state index is 13.8. The van der Waals surface area contributed by atoms with Crippen LogP contribution in [0.1, 0.15) is 32.3 Å². The first-order valence-corrected chi connectivity index (χ1v) is 13.8. The number of nitro benzene ring substituents is 1. The van der Waals surface area contributed by atoms with Crippen molar-refractivity contribution in [3.8, 4) is 11.5 Å². The molecular weight excluding hydrogens is 516 g/mol. The lowest BCUT2D eigenvalue weighted by molar-refractivity contribution is -0.384. The third-order valence-electron chi connectivity index (χ3n) is 5.74. The van der Waals surface area contributed by atoms with E-state index >= 15 is 0 Å². The summed E-state index contributed by atoms with van der Waals surface area (Å²) in [7, 11) is -1.32. The molecule has 2 aromatic carbocycles. The fourth-order valence-electron chi connectivity index (χ4n) is 3.83. The maximum absolute atomic E-state index is 13.8. The highest BCUT2D eigenvalue weighted by molar-refractivity contribution is 7.92. The van der Waals surface area contributed by atoms with Gasteiger partial charge >= 0.3 is 0 Å². The Hall–Kier alpha value is -3.87. The normalized spacial score (nSPS) is 11.8. The summed E-state index contributed by atoms with van der Waals surface area (Å²) in [6, 6.07) is 9.53. The quantitative estimate of drug-likeness (QED) is 0.279. The average molecular weight is 551 g/mol. The fraction of sp³-hybridized carbons (Fsp3) is 0.440. The van der Waals surface area contributed by atoms with E-state index in [2.05, 4.69) is 5.32 Å². The molecule has 0 aromatic heterocycles. The molecule has 0 saturated carbocycles. The molecule has 12 nitrogen and oxygen atoms in total. The highest BCUT2D eigenvalue weighted by Gasteiger charge is 2.33. The Labute approximate surface area is 222 Å². The summed E-state index contributed by atoms with van der Waals surface area (Å²) < 4.78 is 36.9. The van der Waals surface area contributed by atoms with Gasteiger partial charge in [0.25, 0.3) is 5.69 Å². The number of carbonyl (C=O) groups is 2. The lowest BCUT2D eigenvalue weighted by atomic mass is 10.1. The minimum absolute atomic E-state index is 0.00222. The molecule has 0 aliphatic carbocycles. The molecule has 2 amide bonds. The van der Waals surface area contributed by atoms with Crippen molar-refractivity contribution < 1.29 is 32.4 Å². The molecule has 1 N–H and O–H groups in total. The van der Waals surface area contributed by atoms with Crippen molar-refractivity contribution in [3.63, 3.8) is 0 Å². The Bertz CT molecular complexity index is 1250. The molecule has 0 radical (unpaired) electrons. The zero-order valence-electron chi connectivity index (χ0n) is 22.2. The second-order valence-corrected chi connectivity index (χ2v) is 10.4. The Kier molecular flexibility index (Phi) is 10.9. The van der Waals surface area contributed by atoms with E-state index in [-0.39, 0.29) is 36.0 Å². The minimum atomic E-state index is -4.11. The van der Waals surface area contributed by atoms with E-state index in [1.165, 1.54) is 31.3 Å². The molecule has 1 unspecified atom stereocenters. The van der Waals surface area contributed by atoms with Crippen molar-refractivity contribution in [3.05, 3.63) is 58.1 Å². The summed E-state index contributed by atoms with van der Waals surface area (Å²) in [5, 5.41) is 14.2. The van der Waals surface area contributed by atoms with E-state index in [1.54, 1.807) is 31.2 Å². The van der Waals surface area contributed by atoms with Crippen LogP contribution in [0.15, 0.2) is 42.5 Å². The first-order valence-electron chi connectivity index (χ1n) is 12.0. The second kappa shape index (κ2) is 13.6. The van der Waals surface area contributed by atoms with Crippen LogP contribution in [0.4, 0.5) is 11.4 Å². The molecule has 38 heavy (non-hydrogen) atoms.